The first-order chi connectivity index (χ1) is 13.9. The topological polar surface area (TPSA) is 0 Å². The maximum atomic E-state index is 2.30. The summed E-state index contributed by atoms with van der Waals surface area (Å²) in [5, 5.41) is 0. The van der Waals surface area contributed by atoms with E-state index >= 15 is 0 Å². The minimum absolute atomic E-state index is 0. The van der Waals surface area contributed by atoms with Crippen molar-refractivity contribution in [3.05, 3.63) is 149 Å². The minimum Gasteiger partial charge on any atom is -0.119 e. The summed E-state index contributed by atoms with van der Waals surface area (Å²) in [6.07, 6.45) is 0.972. The molecule has 0 radical (unpaired) electrons. The fourth-order valence-corrected chi connectivity index (χ4v) is 4.35. The first kappa shape index (κ1) is 21.1. The van der Waals surface area contributed by atoms with Gasteiger partial charge in [0.2, 0.25) is 0 Å². The minimum atomic E-state index is -0.231. The van der Waals surface area contributed by atoms with E-state index in [1.54, 1.807) is 0 Å². The Hall–Kier alpha value is -2.65. The summed E-state index contributed by atoms with van der Waals surface area (Å²) in [4.78, 5) is 0. The van der Waals surface area contributed by atoms with Crippen LogP contribution >= 0.6 is 0 Å². The van der Waals surface area contributed by atoms with E-state index in [-0.39, 0.29) is 24.3 Å². The smallest absolute Gasteiger partial charge is 0.119 e. The first-order valence-electron chi connectivity index (χ1n) is 9.95. The Labute approximate surface area is 186 Å². The quantitative estimate of drug-likeness (QED) is 0.356. The van der Waals surface area contributed by atoms with Gasteiger partial charge in [-0.05, 0) is 17.5 Å². The van der Waals surface area contributed by atoms with E-state index in [4.69, 9.17) is 0 Å². The number of hydrogen-bond acceptors (Lipinski definition) is 0. The van der Waals surface area contributed by atoms with Gasteiger partial charge in [-0.3, -0.25) is 0 Å². The Morgan fingerprint density at radius 3 is 1.14 bits per heavy atom. The molecular formula is C28H25Li. The first-order valence-corrected chi connectivity index (χ1v) is 9.95. The van der Waals surface area contributed by atoms with E-state index in [1.807, 2.05) is 0 Å². The molecule has 1 heteroatoms. The van der Waals surface area contributed by atoms with Crippen LogP contribution in [-0.2, 0) is 5.41 Å². The second-order valence-corrected chi connectivity index (χ2v) is 7.10. The summed E-state index contributed by atoms with van der Waals surface area (Å²) < 4.78 is 0. The predicted molar refractivity (Wildman–Crippen MR) is 118 cm³/mol. The van der Waals surface area contributed by atoms with Gasteiger partial charge in [-0.2, -0.15) is 0 Å². The molecule has 0 nitrogen and oxygen atoms in total. The summed E-state index contributed by atoms with van der Waals surface area (Å²) in [6, 6.07) is 43.5. The fraction of sp³-hybridized carbons (Fsp3) is 0.107. The zero-order valence-electron chi connectivity index (χ0n) is 17.3. The standard InChI is InChI=1S/C28H25.Li/c1-2-28(25-19-11-5-12-20-25,26-21-13-6-14-22-26)27(23-15-7-3-8-16-23)24-17-9-4-10-18-24;/h3-22H,2H2,1H3;/q-1;+1. The molecule has 0 spiro atoms. The summed E-state index contributed by atoms with van der Waals surface area (Å²) in [7, 11) is 0. The largest absolute Gasteiger partial charge is 1.00 e. The molecule has 0 amide bonds. The molecule has 0 aromatic heterocycles. The normalized spacial score (nSPS) is 10.8. The molecule has 0 atom stereocenters. The van der Waals surface area contributed by atoms with Gasteiger partial charge in [0.1, 0.15) is 0 Å². The molecule has 4 rings (SSSR count). The van der Waals surface area contributed by atoms with Crippen molar-refractivity contribution >= 4 is 0 Å². The molecule has 0 saturated heterocycles. The molecule has 29 heavy (non-hydrogen) atoms. The monoisotopic (exact) mass is 368 g/mol. The van der Waals surface area contributed by atoms with Gasteiger partial charge >= 0.3 is 18.9 Å². The van der Waals surface area contributed by atoms with Crippen molar-refractivity contribution in [3.63, 3.8) is 0 Å². The third-order valence-corrected chi connectivity index (χ3v) is 5.62. The van der Waals surface area contributed by atoms with Crippen molar-refractivity contribution in [2.24, 2.45) is 0 Å². The molecule has 0 heterocycles. The van der Waals surface area contributed by atoms with Gasteiger partial charge < -0.3 is 0 Å². The van der Waals surface area contributed by atoms with Crippen molar-refractivity contribution < 1.29 is 18.9 Å². The third-order valence-electron chi connectivity index (χ3n) is 5.62. The Balaban J connectivity index is 0.00000240. The Kier molecular flexibility index (Phi) is 7.05. The van der Waals surface area contributed by atoms with Crippen LogP contribution in [-0.4, -0.2) is 0 Å². The fourth-order valence-electron chi connectivity index (χ4n) is 4.35. The van der Waals surface area contributed by atoms with Crippen molar-refractivity contribution in [1.29, 1.82) is 0 Å². The number of benzene rings is 4. The van der Waals surface area contributed by atoms with Gasteiger partial charge in [0.05, 0.1) is 0 Å². The number of hydrogen-bond donors (Lipinski definition) is 0. The Bertz CT molecular complexity index is 900. The Morgan fingerprint density at radius 1 is 0.517 bits per heavy atom. The molecule has 138 valence electrons. The van der Waals surface area contributed by atoms with E-state index < -0.39 is 0 Å². The number of rotatable bonds is 6. The van der Waals surface area contributed by atoms with Crippen LogP contribution in [0.3, 0.4) is 0 Å². The van der Waals surface area contributed by atoms with E-state index in [0.29, 0.717) is 0 Å². The van der Waals surface area contributed by atoms with E-state index in [9.17, 15) is 0 Å². The van der Waals surface area contributed by atoms with Gasteiger partial charge in [-0.25, -0.2) is 0 Å². The van der Waals surface area contributed by atoms with Gasteiger partial charge in [-0.15, -0.1) is 35.4 Å². The molecule has 4 aromatic carbocycles. The van der Waals surface area contributed by atoms with Crippen LogP contribution < -0.4 is 18.9 Å². The third kappa shape index (κ3) is 4.06. The Morgan fingerprint density at radius 2 is 0.828 bits per heavy atom. The van der Waals surface area contributed by atoms with Crippen LogP contribution in [0.1, 0.15) is 35.6 Å². The summed E-state index contributed by atoms with van der Waals surface area (Å²) in [5.41, 5.74) is 4.95. The van der Waals surface area contributed by atoms with Gasteiger partial charge in [0.15, 0.2) is 0 Å². The second-order valence-electron chi connectivity index (χ2n) is 7.10. The van der Waals surface area contributed by atoms with Crippen LogP contribution in [0.4, 0.5) is 0 Å². The van der Waals surface area contributed by atoms with Crippen LogP contribution in [0.15, 0.2) is 121 Å². The summed E-state index contributed by atoms with van der Waals surface area (Å²) in [5.74, 6) is 1.36. The molecule has 0 N–H and O–H groups in total. The molecule has 0 aliphatic carbocycles. The van der Waals surface area contributed by atoms with Crippen molar-refractivity contribution in [2.45, 2.75) is 18.8 Å². The van der Waals surface area contributed by atoms with E-state index in [1.165, 1.54) is 28.2 Å². The van der Waals surface area contributed by atoms with Crippen molar-refractivity contribution in [2.75, 3.05) is 0 Å². The van der Waals surface area contributed by atoms with Crippen LogP contribution in [0.25, 0.3) is 0 Å². The molecule has 0 unspecified atom stereocenters. The van der Waals surface area contributed by atoms with Crippen LogP contribution in [0.2, 0.25) is 0 Å². The maximum Gasteiger partial charge on any atom is 1.00 e. The van der Waals surface area contributed by atoms with Crippen molar-refractivity contribution in [3.8, 4) is 0 Å². The summed E-state index contributed by atoms with van der Waals surface area (Å²) in [6.45, 7) is 2.30. The van der Waals surface area contributed by atoms with Gasteiger partial charge in [0, 0.05) is 5.41 Å². The molecule has 0 aliphatic heterocycles. The average Bonchev–Trinajstić information content (AvgIpc) is 2.80. The molecule has 0 bridgehead atoms. The maximum absolute atomic E-state index is 2.30. The molecule has 4 aromatic rings. The second kappa shape index (κ2) is 9.71. The van der Waals surface area contributed by atoms with E-state index in [2.05, 4.69) is 128 Å². The summed E-state index contributed by atoms with van der Waals surface area (Å²) >= 11 is 0. The van der Waals surface area contributed by atoms with Crippen LogP contribution in [0.5, 0.6) is 0 Å². The van der Waals surface area contributed by atoms with E-state index in [0.717, 1.165) is 6.42 Å². The molecule has 0 fully saturated rings. The molecule has 0 saturated carbocycles. The SMILES string of the molecule is CCC(c1ccccc1)(c1ccccc1)[C-](c1ccccc1)c1ccccc1.[Li+]. The zero-order chi connectivity index (χ0) is 19.2. The predicted octanol–water partition coefficient (Wildman–Crippen LogP) is 4.06. The van der Waals surface area contributed by atoms with Gasteiger partial charge in [0.25, 0.3) is 0 Å². The van der Waals surface area contributed by atoms with Gasteiger partial charge in [-0.1, -0.05) is 110 Å². The average molecular weight is 368 g/mol. The molecular weight excluding hydrogens is 343 g/mol. The van der Waals surface area contributed by atoms with Crippen LogP contribution in [0, 0.1) is 5.92 Å². The van der Waals surface area contributed by atoms with Crippen molar-refractivity contribution in [1.82, 2.24) is 0 Å². The zero-order valence-corrected chi connectivity index (χ0v) is 17.3. The molecule has 0 aliphatic rings.